The Bertz CT molecular complexity index is 469. The number of hydrogen-bond donors (Lipinski definition) is 0. The van der Waals surface area contributed by atoms with Gasteiger partial charge in [-0.05, 0) is 18.2 Å². The van der Waals surface area contributed by atoms with Crippen LogP contribution in [0.1, 0.15) is 23.2 Å². The molecule has 5 heteroatoms. The third-order valence-corrected chi connectivity index (χ3v) is 2.77. The maximum absolute atomic E-state index is 12.1. The molecule has 1 rings (SSSR count). The SMILES string of the molecule is COc1ccc(OC)c(C(=O)CCC(=O)N(C)C)c1. The van der Waals surface area contributed by atoms with Crippen molar-refractivity contribution in [2.24, 2.45) is 0 Å². The lowest BCUT2D eigenvalue weighted by Gasteiger charge is -2.11. The van der Waals surface area contributed by atoms with Gasteiger partial charge in [0.15, 0.2) is 5.78 Å². The number of carbonyl (C=O) groups is 2. The number of hydrogen-bond acceptors (Lipinski definition) is 4. The maximum atomic E-state index is 12.1. The van der Waals surface area contributed by atoms with Crippen LogP contribution in [-0.4, -0.2) is 44.9 Å². The normalized spacial score (nSPS) is 9.89. The molecule has 0 atom stereocenters. The molecule has 5 nitrogen and oxygen atoms in total. The van der Waals surface area contributed by atoms with Crippen molar-refractivity contribution in [2.75, 3.05) is 28.3 Å². The van der Waals surface area contributed by atoms with Crippen molar-refractivity contribution < 1.29 is 19.1 Å². The van der Waals surface area contributed by atoms with Gasteiger partial charge in [0, 0.05) is 26.9 Å². The summed E-state index contributed by atoms with van der Waals surface area (Å²) in [6.45, 7) is 0. The maximum Gasteiger partial charge on any atom is 0.222 e. The zero-order valence-electron chi connectivity index (χ0n) is 11.7. The number of ether oxygens (including phenoxy) is 2. The van der Waals surface area contributed by atoms with Crippen LogP contribution in [0, 0.1) is 0 Å². The van der Waals surface area contributed by atoms with E-state index in [1.165, 1.54) is 19.1 Å². The Hall–Kier alpha value is -2.04. The third-order valence-electron chi connectivity index (χ3n) is 2.77. The van der Waals surface area contributed by atoms with E-state index >= 15 is 0 Å². The predicted octanol–water partition coefficient (Wildman–Crippen LogP) is 1.75. The van der Waals surface area contributed by atoms with Gasteiger partial charge in [0.05, 0.1) is 19.8 Å². The number of benzene rings is 1. The average Bonchev–Trinajstić information content (AvgIpc) is 2.43. The van der Waals surface area contributed by atoms with Crippen molar-refractivity contribution in [3.63, 3.8) is 0 Å². The van der Waals surface area contributed by atoms with Gasteiger partial charge in [0.25, 0.3) is 0 Å². The molecule has 0 spiro atoms. The molecule has 0 aromatic heterocycles. The Morgan fingerprint density at radius 1 is 1.11 bits per heavy atom. The second kappa shape index (κ2) is 6.78. The van der Waals surface area contributed by atoms with E-state index in [4.69, 9.17) is 9.47 Å². The highest BCUT2D eigenvalue weighted by Gasteiger charge is 2.15. The number of rotatable bonds is 6. The smallest absolute Gasteiger partial charge is 0.222 e. The van der Waals surface area contributed by atoms with Crippen LogP contribution in [0.5, 0.6) is 11.5 Å². The van der Waals surface area contributed by atoms with Crippen LogP contribution in [0.3, 0.4) is 0 Å². The van der Waals surface area contributed by atoms with E-state index in [0.29, 0.717) is 17.1 Å². The lowest BCUT2D eigenvalue weighted by atomic mass is 10.0. The van der Waals surface area contributed by atoms with Crippen molar-refractivity contribution in [2.45, 2.75) is 12.8 Å². The van der Waals surface area contributed by atoms with E-state index in [9.17, 15) is 9.59 Å². The first-order valence-electron chi connectivity index (χ1n) is 5.95. The molecule has 0 saturated heterocycles. The van der Waals surface area contributed by atoms with Gasteiger partial charge in [-0.3, -0.25) is 9.59 Å². The largest absolute Gasteiger partial charge is 0.497 e. The van der Waals surface area contributed by atoms with E-state index < -0.39 is 0 Å². The summed E-state index contributed by atoms with van der Waals surface area (Å²) in [5.41, 5.74) is 0.438. The topological polar surface area (TPSA) is 55.8 Å². The fraction of sp³-hybridized carbons (Fsp3) is 0.429. The second-order valence-electron chi connectivity index (χ2n) is 4.28. The molecule has 19 heavy (non-hydrogen) atoms. The van der Waals surface area contributed by atoms with Gasteiger partial charge < -0.3 is 14.4 Å². The molecule has 0 aliphatic rings. The van der Waals surface area contributed by atoms with E-state index in [2.05, 4.69) is 0 Å². The quantitative estimate of drug-likeness (QED) is 0.735. The summed E-state index contributed by atoms with van der Waals surface area (Å²) < 4.78 is 10.2. The molecule has 0 saturated carbocycles. The van der Waals surface area contributed by atoms with Gasteiger partial charge in [0.2, 0.25) is 5.91 Å². The van der Waals surface area contributed by atoms with E-state index in [1.807, 2.05) is 0 Å². The highest BCUT2D eigenvalue weighted by atomic mass is 16.5. The van der Waals surface area contributed by atoms with Crippen molar-refractivity contribution in [1.29, 1.82) is 0 Å². The first-order valence-corrected chi connectivity index (χ1v) is 5.95. The zero-order chi connectivity index (χ0) is 14.4. The Balaban J connectivity index is 2.83. The Kier molecular flexibility index (Phi) is 5.36. The number of nitrogens with zero attached hydrogens (tertiary/aromatic N) is 1. The number of methoxy groups -OCH3 is 2. The number of Topliss-reactive ketones (excluding diaryl/α,β-unsaturated/α-hetero) is 1. The average molecular weight is 265 g/mol. The molecule has 0 unspecified atom stereocenters. The number of amides is 1. The van der Waals surface area contributed by atoms with Gasteiger partial charge in [-0.2, -0.15) is 0 Å². The molecule has 0 heterocycles. The third kappa shape index (κ3) is 3.98. The Morgan fingerprint density at radius 2 is 1.79 bits per heavy atom. The highest BCUT2D eigenvalue weighted by Crippen LogP contribution is 2.25. The first-order chi connectivity index (χ1) is 8.99. The molecule has 1 aromatic rings. The van der Waals surface area contributed by atoms with Crippen LogP contribution in [0.25, 0.3) is 0 Å². The molecule has 0 N–H and O–H groups in total. The zero-order valence-corrected chi connectivity index (χ0v) is 11.7. The van der Waals surface area contributed by atoms with Crippen LogP contribution in [0.4, 0.5) is 0 Å². The lowest BCUT2D eigenvalue weighted by molar-refractivity contribution is -0.128. The summed E-state index contributed by atoms with van der Waals surface area (Å²) in [4.78, 5) is 25.1. The first kappa shape index (κ1) is 15.0. The molecule has 0 fully saturated rings. The summed E-state index contributed by atoms with van der Waals surface area (Å²) in [5.74, 6) is 0.868. The fourth-order valence-corrected chi connectivity index (χ4v) is 1.61. The molecule has 0 aliphatic carbocycles. The van der Waals surface area contributed by atoms with E-state index in [1.54, 1.807) is 32.3 Å². The minimum absolute atomic E-state index is 0.0739. The molecule has 0 aliphatic heterocycles. The summed E-state index contributed by atoms with van der Waals surface area (Å²) in [6.07, 6.45) is 0.340. The van der Waals surface area contributed by atoms with Crippen LogP contribution in [-0.2, 0) is 4.79 Å². The van der Waals surface area contributed by atoms with Crippen molar-refractivity contribution in [3.05, 3.63) is 23.8 Å². The van der Waals surface area contributed by atoms with Crippen LogP contribution >= 0.6 is 0 Å². The minimum atomic E-state index is -0.133. The molecule has 0 bridgehead atoms. The lowest BCUT2D eigenvalue weighted by Crippen LogP contribution is -2.22. The van der Waals surface area contributed by atoms with Crippen LogP contribution in [0.2, 0.25) is 0 Å². The van der Waals surface area contributed by atoms with E-state index in [-0.39, 0.29) is 24.5 Å². The predicted molar refractivity (Wildman–Crippen MR) is 71.8 cm³/mol. The summed E-state index contributed by atoms with van der Waals surface area (Å²) in [5, 5.41) is 0. The molecular weight excluding hydrogens is 246 g/mol. The number of ketones is 1. The molecule has 1 amide bonds. The Morgan fingerprint density at radius 3 is 2.32 bits per heavy atom. The van der Waals surface area contributed by atoms with Gasteiger partial charge in [-0.25, -0.2) is 0 Å². The second-order valence-corrected chi connectivity index (χ2v) is 4.28. The minimum Gasteiger partial charge on any atom is -0.497 e. The molecular formula is C14H19NO4. The molecule has 104 valence electrons. The fourth-order valence-electron chi connectivity index (χ4n) is 1.61. The number of carbonyl (C=O) groups excluding carboxylic acids is 2. The van der Waals surface area contributed by atoms with Gasteiger partial charge >= 0.3 is 0 Å². The Labute approximate surface area is 113 Å². The van der Waals surface area contributed by atoms with Crippen molar-refractivity contribution in [3.8, 4) is 11.5 Å². The summed E-state index contributed by atoms with van der Waals surface area (Å²) in [6, 6.07) is 5.03. The van der Waals surface area contributed by atoms with Crippen LogP contribution < -0.4 is 9.47 Å². The van der Waals surface area contributed by atoms with Crippen LogP contribution in [0.15, 0.2) is 18.2 Å². The molecule has 0 radical (unpaired) electrons. The summed E-state index contributed by atoms with van der Waals surface area (Å²) in [7, 11) is 6.37. The standard InChI is InChI=1S/C14H19NO4/c1-15(2)14(17)8-6-12(16)11-9-10(18-3)5-7-13(11)19-4/h5,7,9H,6,8H2,1-4H3. The van der Waals surface area contributed by atoms with Gasteiger partial charge in [-0.15, -0.1) is 0 Å². The van der Waals surface area contributed by atoms with Gasteiger partial charge in [-0.1, -0.05) is 0 Å². The monoisotopic (exact) mass is 265 g/mol. The van der Waals surface area contributed by atoms with Crippen molar-refractivity contribution in [1.82, 2.24) is 4.90 Å². The van der Waals surface area contributed by atoms with E-state index in [0.717, 1.165) is 0 Å². The summed E-state index contributed by atoms with van der Waals surface area (Å²) >= 11 is 0. The van der Waals surface area contributed by atoms with Crippen molar-refractivity contribution >= 4 is 11.7 Å². The molecule has 1 aromatic carbocycles. The highest BCUT2D eigenvalue weighted by molar-refractivity contribution is 6.00. The van der Waals surface area contributed by atoms with Gasteiger partial charge in [0.1, 0.15) is 11.5 Å².